The quantitative estimate of drug-likeness (QED) is 0.729. The first-order valence-electron chi connectivity index (χ1n) is 6.59. The fourth-order valence-electron chi connectivity index (χ4n) is 2.58. The van der Waals surface area contributed by atoms with E-state index in [0.717, 1.165) is 23.6 Å². The third kappa shape index (κ3) is 2.90. The largest absolute Gasteiger partial charge is 0.380 e. The first kappa shape index (κ1) is 14.1. The Balaban J connectivity index is 1.62. The third-order valence-electron chi connectivity index (χ3n) is 3.79. The Labute approximate surface area is 133 Å². The van der Waals surface area contributed by atoms with Crippen molar-refractivity contribution in [3.05, 3.63) is 63.1 Å². The molecule has 0 unspecified atom stereocenters. The normalized spacial score (nSPS) is 21.4. The van der Waals surface area contributed by atoms with Crippen LogP contribution in [0.15, 0.2) is 42.5 Å². The molecule has 0 aromatic heterocycles. The fourth-order valence-corrected chi connectivity index (χ4v) is 3.22. The minimum atomic E-state index is 0.424. The van der Waals surface area contributed by atoms with E-state index in [1.54, 1.807) is 0 Å². The van der Waals surface area contributed by atoms with Crippen molar-refractivity contribution in [3.8, 4) is 0 Å². The van der Waals surface area contributed by atoms with Gasteiger partial charge in [-0.1, -0.05) is 53.0 Å². The van der Waals surface area contributed by atoms with Crippen molar-refractivity contribution < 1.29 is 0 Å². The summed E-state index contributed by atoms with van der Waals surface area (Å²) < 4.78 is 0. The van der Waals surface area contributed by atoms with Crippen molar-refractivity contribution in [2.75, 3.05) is 5.32 Å². The topological polar surface area (TPSA) is 12.0 Å². The second kappa shape index (κ2) is 5.85. The lowest BCUT2D eigenvalue weighted by molar-refractivity contribution is 0.374. The summed E-state index contributed by atoms with van der Waals surface area (Å²) in [5.74, 6) is 0.589. The van der Waals surface area contributed by atoms with Gasteiger partial charge in [0.15, 0.2) is 0 Å². The molecule has 1 fully saturated rings. The Kier molecular flexibility index (Phi) is 4.11. The van der Waals surface area contributed by atoms with Crippen LogP contribution < -0.4 is 5.32 Å². The van der Waals surface area contributed by atoms with Gasteiger partial charge in [-0.05, 0) is 48.6 Å². The predicted octanol–water partition coefficient (Wildman–Crippen LogP) is 6.00. The molecule has 0 aliphatic heterocycles. The van der Waals surface area contributed by atoms with Crippen LogP contribution in [0.5, 0.6) is 0 Å². The molecule has 2 aromatic rings. The summed E-state index contributed by atoms with van der Waals surface area (Å²) in [6.07, 6.45) is 2.17. The molecule has 1 saturated carbocycles. The Morgan fingerprint density at radius 2 is 1.45 bits per heavy atom. The van der Waals surface area contributed by atoms with Crippen molar-refractivity contribution in [1.82, 2.24) is 0 Å². The summed E-state index contributed by atoms with van der Waals surface area (Å²) in [5.41, 5.74) is 2.19. The molecule has 0 heterocycles. The van der Waals surface area contributed by atoms with E-state index in [-0.39, 0.29) is 0 Å². The molecular formula is C16H14Cl3N. The van der Waals surface area contributed by atoms with Crippen molar-refractivity contribution in [3.63, 3.8) is 0 Å². The lowest BCUT2D eigenvalue weighted by atomic mass is 9.76. The number of halogens is 3. The number of hydrogen-bond acceptors (Lipinski definition) is 1. The molecule has 1 nitrogen and oxygen atoms in total. The summed E-state index contributed by atoms with van der Waals surface area (Å²) in [6.45, 7) is 0. The van der Waals surface area contributed by atoms with E-state index < -0.39 is 0 Å². The van der Waals surface area contributed by atoms with Gasteiger partial charge in [0, 0.05) is 11.1 Å². The monoisotopic (exact) mass is 325 g/mol. The molecule has 4 heteroatoms. The van der Waals surface area contributed by atoms with Crippen molar-refractivity contribution in [2.24, 2.45) is 0 Å². The third-order valence-corrected chi connectivity index (χ3v) is 4.67. The van der Waals surface area contributed by atoms with Crippen LogP contribution in [0, 0.1) is 0 Å². The zero-order valence-electron chi connectivity index (χ0n) is 10.7. The van der Waals surface area contributed by atoms with Gasteiger partial charge in [-0.15, -0.1) is 0 Å². The number of nitrogens with one attached hydrogen (secondary N) is 1. The fraction of sp³-hybridized carbons (Fsp3) is 0.250. The predicted molar refractivity (Wildman–Crippen MR) is 87.3 cm³/mol. The molecule has 0 saturated heterocycles. The van der Waals surface area contributed by atoms with Crippen LogP contribution >= 0.6 is 34.8 Å². The maximum absolute atomic E-state index is 6.16. The second-order valence-corrected chi connectivity index (χ2v) is 6.41. The van der Waals surface area contributed by atoms with E-state index in [9.17, 15) is 0 Å². The number of benzene rings is 2. The number of rotatable bonds is 3. The number of hydrogen-bond donors (Lipinski definition) is 1. The van der Waals surface area contributed by atoms with Crippen LogP contribution in [0.3, 0.4) is 0 Å². The van der Waals surface area contributed by atoms with Gasteiger partial charge in [0.25, 0.3) is 0 Å². The van der Waals surface area contributed by atoms with Crippen molar-refractivity contribution in [2.45, 2.75) is 24.8 Å². The van der Waals surface area contributed by atoms with Gasteiger partial charge in [-0.2, -0.15) is 0 Å². The lowest BCUT2D eigenvalue weighted by Gasteiger charge is -2.37. The zero-order chi connectivity index (χ0) is 14.1. The van der Waals surface area contributed by atoms with Crippen LogP contribution in [-0.2, 0) is 0 Å². The van der Waals surface area contributed by atoms with Gasteiger partial charge in [-0.25, -0.2) is 0 Å². The number of anilines is 1. The molecule has 20 heavy (non-hydrogen) atoms. The molecule has 0 amide bonds. The highest BCUT2D eigenvalue weighted by Gasteiger charge is 2.30. The van der Waals surface area contributed by atoms with Gasteiger partial charge >= 0.3 is 0 Å². The van der Waals surface area contributed by atoms with E-state index >= 15 is 0 Å². The van der Waals surface area contributed by atoms with Gasteiger partial charge in [0.05, 0.1) is 15.7 Å². The molecular weight excluding hydrogens is 313 g/mol. The summed E-state index contributed by atoms with van der Waals surface area (Å²) >= 11 is 18.2. The van der Waals surface area contributed by atoms with E-state index in [2.05, 4.69) is 17.4 Å². The van der Waals surface area contributed by atoms with Crippen LogP contribution in [-0.4, -0.2) is 6.04 Å². The molecule has 0 atom stereocenters. The first-order chi connectivity index (χ1) is 9.63. The van der Waals surface area contributed by atoms with Crippen LogP contribution in [0.25, 0.3) is 0 Å². The highest BCUT2D eigenvalue weighted by Crippen LogP contribution is 2.41. The molecule has 0 bridgehead atoms. The first-order valence-corrected chi connectivity index (χ1v) is 7.73. The molecule has 3 rings (SSSR count). The highest BCUT2D eigenvalue weighted by molar-refractivity contribution is 6.39. The maximum atomic E-state index is 6.16. The molecule has 1 aliphatic rings. The Hall–Kier alpha value is -0.890. The smallest absolute Gasteiger partial charge is 0.0721 e. The van der Waals surface area contributed by atoms with Gasteiger partial charge in [0.1, 0.15) is 0 Å². The van der Waals surface area contributed by atoms with Gasteiger partial charge in [-0.3, -0.25) is 0 Å². The van der Waals surface area contributed by atoms with Gasteiger partial charge in [0.2, 0.25) is 0 Å². The summed E-state index contributed by atoms with van der Waals surface area (Å²) in [7, 11) is 0. The molecule has 104 valence electrons. The molecule has 2 aromatic carbocycles. The second-order valence-electron chi connectivity index (χ2n) is 5.16. The zero-order valence-corrected chi connectivity index (χ0v) is 13.0. The van der Waals surface area contributed by atoms with Crippen molar-refractivity contribution >= 4 is 40.5 Å². The lowest BCUT2D eigenvalue weighted by Crippen LogP contribution is -2.34. The summed E-state index contributed by atoms with van der Waals surface area (Å²) in [5, 5.41) is 5.57. The summed E-state index contributed by atoms with van der Waals surface area (Å²) in [6, 6.07) is 14.1. The summed E-state index contributed by atoms with van der Waals surface area (Å²) in [4.78, 5) is 0. The van der Waals surface area contributed by atoms with Crippen LogP contribution in [0.4, 0.5) is 5.69 Å². The highest BCUT2D eigenvalue weighted by atomic mass is 35.5. The van der Waals surface area contributed by atoms with E-state index in [0.29, 0.717) is 22.0 Å². The maximum Gasteiger partial charge on any atom is 0.0721 e. The minimum absolute atomic E-state index is 0.424. The molecule has 0 radical (unpaired) electrons. The average molecular weight is 327 g/mol. The van der Waals surface area contributed by atoms with E-state index in [4.69, 9.17) is 34.8 Å². The Bertz CT molecular complexity index is 583. The Morgan fingerprint density at radius 3 is 2.05 bits per heavy atom. The van der Waals surface area contributed by atoms with Gasteiger partial charge < -0.3 is 5.32 Å². The SMILES string of the molecule is Clc1ccc(C2CC(Nc3c(Cl)cccc3Cl)C2)cc1. The molecule has 1 N–H and O–H groups in total. The molecule has 0 spiro atoms. The van der Waals surface area contributed by atoms with Crippen LogP contribution in [0.2, 0.25) is 15.1 Å². The molecule has 1 aliphatic carbocycles. The minimum Gasteiger partial charge on any atom is -0.380 e. The number of para-hydroxylation sites is 1. The van der Waals surface area contributed by atoms with E-state index in [1.165, 1.54) is 5.56 Å². The van der Waals surface area contributed by atoms with Crippen LogP contribution in [0.1, 0.15) is 24.3 Å². The van der Waals surface area contributed by atoms with E-state index in [1.807, 2.05) is 30.3 Å². The van der Waals surface area contributed by atoms with Crippen molar-refractivity contribution in [1.29, 1.82) is 0 Å². The Morgan fingerprint density at radius 1 is 0.850 bits per heavy atom. The average Bonchev–Trinajstić information content (AvgIpc) is 2.38. The standard InChI is InChI=1S/C16H14Cl3N/c17-12-6-4-10(5-7-12)11-8-13(9-11)20-16-14(18)2-1-3-15(16)19/h1-7,11,13,20H,8-9H2.